The van der Waals surface area contributed by atoms with E-state index in [0.717, 1.165) is 0 Å². The lowest BCUT2D eigenvalue weighted by molar-refractivity contribution is 0.0819. The van der Waals surface area contributed by atoms with Crippen molar-refractivity contribution < 1.29 is 8.78 Å². The monoisotopic (exact) mass is 163 g/mol. The summed E-state index contributed by atoms with van der Waals surface area (Å²) in [6.45, 7) is 4.55. The molecule has 0 aromatic heterocycles. The molecule has 0 bridgehead atoms. The van der Waals surface area contributed by atoms with Crippen LogP contribution in [0.5, 0.6) is 0 Å². The van der Waals surface area contributed by atoms with Crippen LogP contribution in [-0.4, -0.2) is 30.5 Å². The van der Waals surface area contributed by atoms with Gasteiger partial charge in [-0.3, -0.25) is 0 Å². The van der Waals surface area contributed by atoms with E-state index in [1.165, 1.54) is 0 Å². The van der Waals surface area contributed by atoms with Crippen LogP contribution in [-0.2, 0) is 0 Å². The molecule has 11 heavy (non-hydrogen) atoms. The molecule has 0 aliphatic carbocycles. The van der Waals surface area contributed by atoms with Crippen molar-refractivity contribution >= 4 is 0 Å². The van der Waals surface area contributed by atoms with Crippen LogP contribution in [0, 0.1) is 5.92 Å². The molecular formula is C8H15F2N. The molecule has 0 saturated carbocycles. The predicted molar refractivity (Wildman–Crippen MR) is 40.8 cm³/mol. The zero-order chi connectivity index (χ0) is 8.65. The number of likely N-dealkylation sites (tertiary alicyclic amines) is 1. The molecule has 0 N–H and O–H groups in total. The molecule has 1 unspecified atom stereocenters. The van der Waals surface area contributed by atoms with E-state index in [4.69, 9.17) is 0 Å². The minimum atomic E-state index is -2.15. The van der Waals surface area contributed by atoms with Gasteiger partial charge >= 0.3 is 0 Å². The molecule has 1 fully saturated rings. The summed E-state index contributed by atoms with van der Waals surface area (Å²) in [7, 11) is 1.91. The summed E-state index contributed by atoms with van der Waals surface area (Å²) in [4.78, 5) is 2.00. The molecule has 1 aliphatic rings. The number of rotatable bonds is 1. The van der Waals surface area contributed by atoms with Crippen LogP contribution in [0.4, 0.5) is 8.78 Å². The first-order chi connectivity index (χ1) is 4.93. The Morgan fingerprint density at radius 2 is 2.00 bits per heavy atom. The molecule has 0 spiro atoms. The maximum atomic E-state index is 12.2. The van der Waals surface area contributed by atoms with Gasteiger partial charge < -0.3 is 4.90 Å². The summed E-state index contributed by atoms with van der Waals surface area (Å²) in [5.74, 6) is -0.421. The van der Waals surface area contributed by atoms with Crippen LogP contribution in [0.3, 0.4) is 0 Å². The van der Waals surface area contributed by atoms with E-state index >= 15 is 0 Å². The fraction of sp³-hybridized carbons (Fsp3) is 1.00. The highest BCUT2D eigenvalue weighted by atomic mass is 19.3. The second kappa shape index (κ2) is 2.70. The minimum Gasteiger partial charge on any atom is -0.301 e. The quantitative estimate of drug-likeness (QED) is 0.571. The third-order valence-corrected chi connectivity index (χ3v) is 2.66. The molecule has 1 saturated heterocycles. The summed E-state index contributed by atoms with van der Waals surface area (Å²) in [5.41, 5.74) is -0.0406. The van der Waals surface area contributed by atoms with Crippen LogP contribution < -0.4 is 0 Å². The Labute approximate surface area is 66.4 Å². The SMILES string of the molecule is CN1CC(C(F)F)CC1(C)C. The maximum Gasteiger partial charge on any atom is 0.242 e. The van der Waals surface area contributed by atoms with Gasteiger partial charge in [-0.15, -0.1) is 0 Å². The van der Waals surface area contributed by atoms with Crippen LogP contribution in [0.25, 0.3) is 0 Å². The first-order valence-corrected chi connectivity index (χ1v) is 3.93. The highest BCUT2D eigenvalue weighted by Gasteiger charge is 2.39. The molecule has 1 aliphatic heterocycles. The minimum absolute atomic E-state index is 0.0406. The molecule has 0 radical (unpaired) electrons. The van der Waals surface area contributed by atoms with E-state index in [2.05, 4.69) is 0 Å². The van der Waals surface area contributed by atoms with Crippen molar-refractivity contribution in [2.75, 3.05) is 13.6 Å². The molecule has 1 atom stereocenters. The van der Waals surface area contributed by atoms with Gasteiger partial charge in [0.05, 0.1) is 0 Å². The Morgan fingerprint density at radius 1 is 1.45 bits per heavy atom. The average molecular weight is 163 g/mol. The highest BCUT2D eigenvalue weighted by molar-refractivity contribution is 4.91. The third kappa shape index (κ3) is 1.70. The van der Waals surface area contributed by atoms with E-state index in [-0.39, 0.29) is 5.54 Å². The van der Waals surface area contributed by atoms with Crippen molar-refractivity contribution in [2.24, 2.45) is 5.92 Å². The van der Waals surface area contributed by atoms with Crippen molar-refractivity contribution in [2.45, 2.75) is 32.2 Å². The van der Waals surface area contributed by atoms with Crippen molar-refractivity contribution in [1.29, 1.82) is 0 Å². The fourth-order valence-corrected chi connectivity index (χ4v) is 1.63. The van der Waals surface area contributed by atoms with Crippen molar-refractivity contribution in [3.05, 3.63) is 0 Å². The Balaban J connectivity index is 2.57. The largest absolute Gasteiger partial charge is 0.301 e. The Hall–Kier alpha value is -0.180. The van der Waals surface area contributed by atoms with Gasteiger partial charge in [0.25, 0.3) is 0 Å². The van der Waals surface area contributed by atoms with E-state index in [1.807, 2.05) is 25.8 Å². The van der Waals surface area contributed by atoms with Gasteiger partial charge in [-0.25, -0.2) is 8.78 Å². The lowest BCUT2D eigenvalue weighted by Gasteiger charge is -2.26. The van der Waals surface area contributed by atoms with E-state index in [9.17, 15) is 8.78 Å². The molecule has 66 valence electrons. The summed E-state index contributed by atoms with van der Waals surface area (Å²) in [6, 6.07) is 0. The number of hydrogen-bond acceptors (Lipinski definition) is 1. The fourth-order valence-electron chi connectivity index (χ4n) is 1.63. The van der Waals surface area contributed by atoms with Gasteiger partial charge in [-0.05, 0) is 27.3 Å². The molecular weight excluding hydrogens is 148 g/mol. The predicted octanol–water partition coefficient (Wildman–Crippen LogP) is 1.98. The first kappa shape index (κ1) is 8.91. The number of halogens is 2. The standard InChI is InChI=1S/C8H15F2N/c1-8(2)4-6(7(9)10)5-11(8)3/h6-7H,4-5H2,1-3H3. The van der Waals surface area contributed by atoms with Gasteiger partial charge in [-0.1, -0.05) is 0 Å². The number of alkyl halides is 2. The zero-order valence-electron chi connectivity index (χ0n) is 7.27. The van der Waals surface area contributed by atoms with Gasteiger partial charge in [0.1, 0.15) is 0 Å². The van der Waals surface area contributed by atoms with E-state index in [1.54, 1.807) is 0 Å². The summed E-state index contributed by atoms with van der Waals surface area (Å²) in [6.07, 6.45) is -1.54. The summed E-state index contributed by atoms with van der Waals surface area (Å²) < 4.78 is 24.5. The van der Waals surface area contributed by atoms with Gasteiger partial charge in [0.15, 0.2) is 0 Å². The normalized spacial score (nSPS) is 31.6. The second-order valence-electron chi connectivity index (χ2n) is 3.99. The van der Waals surface area contributed by atoms with Crippen molar-refractivity contribution in [3.8, 4) is 0 Å². The van der Waals surface area contributed by atoms with Gasteiger partial charge in [0.2, 0.25) is 6.43 Å². The molecule has 0 aromatic carbocycles. The van der Waals surface area contributed by atoms with Gasteiger partial charge in [-0.2, -0.15) is 0 Å². The average Bonchev–Trinajstić information content (AvgIpc) is 2.08. The molecule has 0 aromatic rings. The Kier molecular flexibility index (Phi) is 2.19. The van der Waals surface area contributed by atoms with Crippen LogP contribution >= 0.6 is 0 Å². The topological polar surface area (TPSA) is 3.24 Å². The molecule has 0 amide bonds. The summed E-state index contributed by atoms with van der Waals surface area (Å²) in [5, 5.41) is 0. The molecule has 1 heterocycles. The van der Waals surface area contributed by atoms with Crippen LogP contribution in [0.2, 0.25) is 0 Å². The zero-order valence-corrected chi connectivity index (χ0v) is 7.27. The number of hydrogen-bond donors (Lipinski definition) is 0. The third-order valence-electron chi connectivity index (χ3n) is 2.66. The lowest BCUT2D eigenvalue weighted by atomic mass is 9.97. The maximum absolute atomic E-state index is 12.2. The van der Waals surface area contributed by atoms with Crippen LogP contribution in [0.1, 0.15) is 20.3 Å². The Morgan fingerprint density at radius 3 is 2.18 bits per heavy atom. The second-order valence-corrected chi connectivity index (χ2v) is 3.99. The van der Waals surface area contributed by atoms with Crippen molar-refractivity contribution in [1.82, 2.24) is 4.90 Å². The van der Waals surface area contributed by atoms with E-state index in [0.29, 0.717) is 13.0 Å². The van der Waals surface area contributed by atoms with Gasteiger partial charge in [0, 0.05) is 18.0 Å². The Bertz CT molecular complexity index is 145. The smallest absolute Gasteiger partial charge is 0.242 e. The van der Waals surface area contributed by atoms with Crippen LogP contribution in [0.15, 0.2) is 0 Å². The molecule has 1 nitrogen and oxygen atoms in total. The highest BCUT2D eigenvalue weighted by Crippen LogP contribution is 2.34. The molecule has 1 rings (SSSR count). The summed E-state index contributed by atoms with van der Waals surface area (Å²) >= 11 is 0. The molecule has 3 heteroatoms. The van der Waals surface area contributed by atoms with Crippen molar-refractivity contribution in [3.63, 3.8) is 0 Å². The van der Waals surface area contributed by atoms with E-state index < -0.39 is 12.3 Å². The lowest BCUT2D eigenvalue weighted by Crippen LogP contribution is -2.34. The number of nitrogens with zero attached hydrogens (tertiary/aromatic N) is 1. The first-order valence-electron chi connectivity index (χ1n) is 3.93.